The molecule has 1 aliphatic heterocycles. The van der Waals surface area contributed by atoms with Gasteiger partial charge in [-0.05, 0) is 41.7 Å². The standard InChI is InChI=1S/C20H13N4S/c1-2-5-14(6-3-1)24-18-16(7-4-9-22-18)17-20(24)25-19-15-8-10-21-11-13(15)12-23(17)19/h1-11H,12H2/q+1. The van der Waals surface area contributed by atoms with Gasteiger partial charge in [-0.25, -0.2) is 4.98 Å². The van der Waals surface area contributed by atoms with E-state index in [1.165, 1.54) is 31.9 Å². The second-order valence-corrected chi connectivity index (χ2v) is 7.20. The molecule has 0 saturated carbocycles. The molecule has 1 aliphatic rings. The third kappa shape index (κ3) is 1.68. The van der Waals surface area contributed by atoms with E-state index < -0.39 is 0 Å². The van der Waals surface area contributed by atoms with E-state index in [0.717, 1.165) is 17.9 Å². The van der Waals surface area contributed by atoms with Gasteiger partial charge in [0.25, 0.3) is 10.5 Å². The summed E-state index contributed by atoms with van der Waals surface area (Å²) in [6, 6.07) is 16.8. The van der Waals surface area contributed by atoms with Gasteiger partial charge in [0.1, 0.15) is 0 Å². The van der Waals surface area contributed by atoms with Gasteiger partial charge < -0.3 is 0 Å². The van der Waals surface area contributed by atoms with E-state index in [4.69, 9.17) is 0 Å². The van der Waals surface area contributed by atoms with Crippen LogP contribution in [-0.2, 0) is 6.54 Å². The lowest BCUT2D eigenvalue weighted by atomic mass is 10.2. The first-order chi connectivity index (χ1) is 12.4. The first-order valence-corrected chi connectivity index (χ1v) is 9.04. The summed E-state index contributed by atoms with van der Waals surface area (Å²) >= 11 is 1.83. The zero-order valence-electron chi connectivity index (χ0n) is 13.3. The first-order valence-electron chi connectivity index (χ1n) is 8.22. The fraction of sp³-hybridized carbons (Fsp3) is 0.0500. The molecular formula is C20H13N4S+. The number of rotatable bonds is 1. The number of hydrogen-bond acceptors (Lipinski definition) is 3. The van der Waals surface area contributed by atoms with E-state index in [1.54, 1.807) is 0 Å². The van der Waals surface area contributed by atoms with Crippen LogP contribution in [0, 0.1) is 0 Å². The Labute approximate surface area is 147 Å². The fourth-order valence-corrected chi connectivity index (χ4v) is 5.14. The van der Waals surface area contributed by atoms with E-state index in [2.05, 4.69) is 55.5 Å². The van der Waals surface area contributed by atoms with E-state index in [0.29, 0.717) is 0 Å². The van der Waals surface area contributed by atoms with Crippen molar-refractivity contribution < 1.29 is 4.57 Å². The molecule has 6 rings (SSSR count). The lowest BCUT2D eigenvalue weighted by molar-refractivity contribution is -0.641. The molecule has 0 saturated heterocycles. The molecule has 5 heteroatoms. The molecular weight excluding hydrogens is 328 g/mol. The highest BCUT2D eigenvalue weighted by atomic mass is 32.1. The summed E-state index contributed by atoms with van der Waals surface area (Å²) in [5.41, 5.74) is 6.02. The second-order valence-electron chi connectivity index (χ2n) is 6.23. The summed E-state index contributed by atoms with van der Waals surface area (Å²) in [7, 11) is 0. The molecule has 5 heterocycles. The minimum absolute atomic E-state index is 0.876. The van der Waals surface area contributed by atoms with Crippen LogP contribution in [0.15, 0.2) is 67.1 Å². The van der Waals surface area contributed by atoms with Crippen molar-refractivity contribution in [2.75, 3.05) is 0 Å². The molecule has 0 atom stereocenters. The predicted molar refractivity (Wildman–Crippen MR) is 99.0 cm³/mol. The van der Waals surface area contributed by atoms with Gasteiger partial charge in [0.15, 0.2) is 17.0 Å². The van der Waals surface area contributed by atoms with Crippen LogP contribution in [0.2, 0.25) is 0 Å². The van der Waals surface area contributed by atoms with E-state index in [-0.39, 0.29) is 0 Å². The number of para-hydroxylation sites is 1. The summed E-state index contributed by atoms with van der Waals surface area (Å²) in [4.78, 5) is 10.2. The third-order valence-corrected chi connectivity index (χ3v) is 6.05. The molecule has 5 aromatic rings. The molecule has 0 bridgehead atoms. The van der Waals surface area contributed by atoms with Gasteiger partial charge in [0, 0.05) is 29.8 Å². The number of hydrogen-bond donors (Lipinski definition) is 0. The van der Waals surface area contributed by atoms with Crippen molar-refractivity contribution in [3.05, 3.63) is 72.7 Å². The largest absolute Gasteiger partial charge is 0.280 e. The molecule has 0 aliphatic carbocycles. The normalized spacial score (nSPS) is 12.6. The maximum absolute atomic E-state index is 4.69. The van der Waals surface area contributed by atoms with E-state index in [1.807, 2.05) is 42.1 Å². The van der Waals surface area contributed by atoms with Gasteiger partial charge >= 0.3 is 0 Å². The van der Waals surface area contributed by atoms with E-state index >= 15 is 0 Å². The molecule has 25 heavy (non-hydrogen) atoms. The second kappa shape index (κ2) is 4.74. The average Bonchev–Trinajstić information content (AvgIpc) is 3.29. The summed E-state index contributed by atoms with van der Waals surface area (Å²) < 4.78 is 4.69. The van der Waals surface area contributed by atoms with Crippen LogP contribution >= 0.6 is 11.3 Å². The summed E-state index contributed by atoms with van der Waals surface area (Å²) in [6.45, 7) is 0.876. The van der Waals surface area contributed by atoms with Crippen molar-refractivity contribution in [1.29, 1.82) is 0 Å². The number of fused-ring (bicyclic) bond motifs is 7. The SMILES string of the molecule is c1ccc(-n2c3ncccc3c3c2sc2[n+]3Cc3cnccc3-2)cc1. The fourth-order valence-electron chi connectivity index (χ4n) is 3.78. The molecule has 4 nitrogen and oxygen atoms in total. The van der Waals surface area contributed by atoms with Crippen LogP contribution in [0.5, 0.6) is 0 Å². The zero-order valence-corrected chi connectivity index (χ0v) is 14.1. The van der Waals surface area contributed by atoms with Gasteiger partial charge in [0.05, 0.1) is 10.9 Å². The molecule has 0 amide bonds. The Morgan fingerprint density at radius 1 is 1.00 bits per heavy atom. The molecule has 1 aromatic carbocycles. The van der Waals surface area contributed by atoms with Gasteiger partial charge in [-0.1, -0.05) is 18.2 Å². The topological polar surface area (TPSA) is 34.6 Å². The predicted octanol–water partition coefficient (Wildman–Crippen LogP) is 3.95. The van der Waals surface area contributed by atoms with Gasteiger partial charge in [-0.3, -0.25) is 9.55 Å². The Morgan fingerprint density at radius 2 is 1.92 bits per heavy atom. The lowest BCUT2D eigenvalue weighted by Gasteiger charge is -2.03. The Bertz CT molecular complexity index is 1270. The molecule has 118 valence electrons. The Morgan fingerprint density at radius 3 is 2.84 bits per heavy atom. The first kappa shape index (κ1) is 13.3. The van der Waals surface area contributed by atoms with Crippen molar-refractivity contribution in [3.8, 4) is 16.3 Å². The Hall–Kier alpha value is -3.05. The molecule has 0 radical (unpaired) electrons. The van der Waals surface area contributed by atoms with Crippen molar-refractivity contribution in [3.63, 3.8) is 0 Å². The number of nitrogens with zero attached hydrogens (tertiary/aromatic N) is 4. The maximum atomic E-state index is 4.69. The Balaban J connectivity index is 1.78. The smallest absolute Gasteiger partial charge is 0.272 e. The van der Waals surface area contributed by atoms with Crippen molar-refractivity contribution in [2.24, 2.45) is 0 Å². The number of benzene rings is 1. The molecule has 0 fully saturated rings. The van der Waals surface area contributed by atoms with Gasteiger partial charge in [-0.15, -0.1) is 0 Å². The summed E-state index contributed by atoms with van der Waals surface area (Å²) in [5, 5.41) is 2.50. The molecule has 4 aromatic heterocycles. The highest BCUT2D eigenvalue weighted by Crippen LogP contribution is 2.40. The minimum atomic E-state index is 0.876. The third-order valence-electron chi connectivity index (χ3n) is 4.84. The zero-order chi connectivity index (χ0) is 16.4. The van der Waals surface area contributed by atoms with Crippen molar-refractivity contribution in [2.45, 2.75) is 6.54 Å². The molecule has 0 unspecified atom stereocenters. The van der Waals surface area contributed by atoms with Crippen molar-refractivity contribution in [1.82, 2.24) is 14.5 Å². The average molecular weight is 341 g/mol. The molecule has 0 spiro atoms. The van der Waals surface area contributed by atoms with Gasteiger partial charge in [0.2, 0.25) is 0 Å². The van der Waals surface area contributed by atoms with Crippen LogP contribution in [0.1, 0.15) is 5.56 Å². The highest BCUT2D eigenvalue weighted by Gasteiger charge is 2.35. The summed E-state index contributed by atoms with van der Waals surface area (Å²) in [5.74, 6) is 0. The Kier molecular flexibility index (Phi) is 2.51. The van der Waals surface area contributed by atoms with E-state index in [9.17, 15) is 0 Å². The lowest BCUT2D eigenvalue weighted by Crippen LogP contribution is -2.30. The van der Waals surface area contributed by atoms with Crippen LogP contribution in [0.25, 0.3) is 37.6 Å². The highest BCUT2D eigenvalue weighted by molar-refractivity contribution is 7.21. The monoisotopic (exact) mass is 341 g/mol. The van der Waals surface area contributed by atoms with Crippen LogP contribution in [0.3, 0.4) is 0 Å². The maximum Gasteiger partial charge on any atom is 0.272 e. The summed E-state index contributed by atoms with van der Waals surface area (Å²) in [6.07, 6.45) is 5.73. The van der Waals surface area contributed by atoms with Crippen molar-refractivity contribution >= 4 is 32.7 Å². The number of thiazole rings is 1. The number of aromatic nitrogens is 4. The van der Waals surface area contributed by atoms with Gasteiger partial charge in [-0.2, -0.15) is 4.57 Å². The van der Waals surface area contributed by atoms with Crippen LogP contribution < -0.4 is 4.57 Å². The van der Waals surface area contributed by atoms with Crippen LogP contribution in [0.4, 0.5) is 0 Å². The number of pyridine rings is 2. The minimum Gasteiger partial charge on any atom is -0.280 e. The molecule has 0 N–H and O–H groups in total. The van der Waals surface area contributed by atoms with Crippen LogP contribution in [-0.4, -0.2) is 14.5 Å². The quantitative estimate of drug-likeness (QED) is 0.424.